The van der Waals surface area contributed by atoms with Crippen LogP contribution in [0.25, 0.3) is 0 Å². The molecule has 0 saturated heterocycles. The molecule has 3 aromatic rings. The van der Waals surface area contributed by atoms with Gasteiger partial charge in [-0.05, 0) is 73.2 Å². The number of rotatable bonds is 12. The smallest absolute Gasteiger partial charge is 0.259 e. The van der Waals surface area contributed by atoms with Crippen molar-refractivity contribution in [3.8, 4) is 11.5 Å². The van der Waals surface area contributed by atoms with Crippen molar-refractivity contribution < 1.29 is 19.8 Å². The molecule has 0 aliphatic rings. The van der Waals surface area contributed by atoms with Crippen molar-refractivity contribution in [2.75, 3.05) is 10.6 Å². The molecule has 0 unspecified atom stereocenters. The van der Waals surface area contributed by atoms with Crippen LogP contribution < -0.4 is 10.6 Å². The van der Waals surface area contributed by atoms with Gasteiger partial charge in [0.1, 0.15) is 11.5 Å². The number of anilines is 2. The van der Waals surface area contributed by atoms with Crippen LogP contribution in [0.5, 0.6) is 11.5 Å². The minimum Gasteiger partial charge on any atom is -0.507 e. The summed E-state index contributed by atoms with van der Waals surface area (Å²) in [6, 6.07) is 17.0. The molecular weight excluding hydrogens is 452 g/mol. The molecule has 0 aromatic heterocycles. The monoisotopic (exact) mass is 488 g/mol. The first-order chi connectivity index (χ1) is 17.4. The number of hydrogen-bond donors (Lipinski definition) is 4. The Balaban J connectivity index is 1.76. The average molecular weight is 489 g/mol. The second kappa shape index (κ2) is 13.3. The Morgan fingerprint density at radius 2 is 1.06 bits per heavy atom. The van der Waals surface area contributed by atoms with Crippen LogP contribution in [0.1, 0.15) is 84.2 Å². The molecule has 3 aromatic carbocycles. The number of nitrogens with one attached hydrogen (secondary N) is 2. The molecule has 36 heavy (non-hydrogen) atoms. The van der Waals surface area contributed by atoms with Crippen LogP contribution in [0.15, 0.2) is 60.7 Å². The fraction of sp³-hybridized carbons (Fsp3) is 0.333. The highest BCUT2D eigenvalue weighted by Crippen LogP contribution is 2.27. The maximum Gasteiger partial charge on any atom is 0.259 e. The molecule has 0 heterocycles. The summed E-state index contributed by atoms with van der Waals surface area (Å²) in [7, 11) is 0. The van der Waals surface area contributed by atoms with Crippen LogP contribution in [0.3, 0.4) is 0 Å². The van der Waals surface area contributed by atoms with Crippen LogP contribution in [0, 0.1) is 0 Å². The van der Waals surface area contributed by atoms with Gasteiger partial charge in [0.05, 0.1) is 22.5 Å². The van der Waals surface area contributed by atoms with Gasteiger partial charge in [-0.3, -0.25) is 9.59 Å². The van der Waals surface area contributed by atoms with E-state index in [1.165, 1.54) is 0 Å². The summed E-state index contributed by atoms with van der Waals surface area (Å²) < 4.78 is 0. The topological polar surface area (TPSA) is 98.7 Å². The third-order valence-electron chi connectivity index (χ3n) is 6.17. The number of benzene rings is 3. The van der Waals surface area contributed by atoms with Crippen LogP contribution in [-0.4, -0.2) is 22.0 Å². The third kappa shape index (κ3) is 7.35. The summed E-state index contributed by atoms with van der Waals surface area (Å²) in [5, 5.41) is 26.2. The average Bonchev–Trinajstić information content (AvgIpc) is 2.87. The number of phenols is 2. The van der Waals surface area contributed by atoms with Gasteiger partial charge in [-0.1, -0.05) is 63.8 Å². The number of para-hydroxylation sites is 2. The fourth-order valence-electron chi connectivity index (χ4n) is 4.08. The maximum atomic E-state index is 13.0. The number of carbonyl (C=O) groups excluding carboxylic acids is 2. The molecule has 0 fully saturated rings. The lowest BCUT2D eigenvalue weighted by Gasteiger charge is -2.14. The van der Waals surface area contributed by atoms with Gasteiger partial charge in [0.2, 0.25) is 0 Å². The van der Waals surface area contributed by atoms with Gasteiger partial charge in [0.25, 0.3) is 11.8 Å². The molecule has 2 amide bonds. The Labute approximate surface area is 213 Å². The zero-order valence-corrected chi connectivity index (χ0v) is 21.1. The number of unbranched alkanes of at least 4 members (excludes halogenated alkanes) is 4. The number of phenolic OH excluding ortho intramolecular Hbond substituents is 2. The van der Waals surface area contributed by atoms with Crippen molar-refractivity contribution in [1.29, 1.82) is 0 Å². The van der Waals surface area contributed by atoms with E-state index in [4.69, 9.17) is 0 Å². The first-order valence-corrected chi connectivity index (χ1v) is 12.8. The fourth-order valence-corrected chi connectivity index (χ4v) is 4.08. The molecule has 6 heteroatoms. The van der Waals surface area contributed by atoms with Crippen LogP contribution in [-0.2, 0) is 12.8 Å². The Morgan fingerprint density at radius 3 is 1.44 bits per heavy atom. The van der Waals surface area contributed by atoms with Crippen molar-refractivity contribution in [3.05, 3.63) is 82.9 Å². The lowest BCUT2D eigenvalue weighted by Crippen LogP contribution is -2.17. The van der Waals surface area contributed by atoms with E-state index < -0.39 is 11.8 Å². The zero-order valence-electron chi connectivity index (χ0n) is 21.1. The Morgan fingerprint density at radius 1 is 0.639 bits per heavy atom. The highest BCUT2D eigenvalue weighted by Gasteiger charge is 2.17. The van der Waals surface area contributed by atoms with Crippen molar-refractivity contribution in [3.63, 3.8) is 0 Å². The molecule has 0 bridgehead atoms. The Kier molecular flexibility index (Phi) is 9.92. The Hall–Kier alpha value is -3.80. The van der Waals surface area contributed by atoms with Crippen molar-refractivity contribution >= 4 is 23.2 Å². The molecular formula is C30H36N2O4. The lowest BCUT2D eigenvalue weighted by atomic mass is 10.0. The lowest BCUT2D eigenvalue weighted by molar-refractivity contribution is 0.101. The predicted molar refractivity (Wildman–Crippen MR) is 145 cm³/mol. The van der Waals surface area contributed by atoms with Gasteiger partial charge in [0, 0.05) is 0 Å². The van der Waals surface area contributed by atoms with Gasteiger partial charge >= 0.3 is 0 Å². The van der Waals surface area contributed by atoms with E-state index in [1.54, 1.807) is 48.5 Å². The van der Waals surface area contributed by atoms with Gasteiger partial charge in [-0.2, -0.15) is 0 Å². The Bertz CT molecular complexity index is 1100. The number of carbonyl (C=O) groups is 2. The molecule has 0 saturated carbocycles. The second-order valence-corrected chi connectivity index (χ2v) is 9.07. The van der Waals surface area contributed by atoms with Gasteiger partial charge < -0.3 is 20.8 Å². The standard InChI is InChI=1S/C30H36N2O4/c1-3-5-7-11-21-15-17-27(33)23(19-21)29(35)31-25-13-9-10-14-26(25)32-30(36)24-20-22(12-8-6-4-2)16-18-28(24)34/h9-10,13-20,33-34H,3-8,11-12H2,1-2H3,(H,31,35)(H,32,36). The molecule has 0 radical (unpaired) electrons. The van der Waals surface area contributed by atoms with Gasteiger partial charge in [-0.25, -0.2) is 0 Å². The maximum absolute atomic E-state index is 13.0. The summed E-state index contributed by atoms with van der Waals surface area (Å²) in [5.74, 6) is -1.13. The molecule has 0 aliphatic heterocycles. The third-order valence-corrected chi connectivity index (χ3v) is 6.17. The summed E-state index contributed by atoms with van der Waals surface area (Å²) in [6.07, 6.45) is 8.13. The van der Waals surface area contributed by atoms with E-state index in [1.807, 2.05) is 12.1 Å². The highest BCUT2D eigenvalue weighted by molar-refractivity contribution is 6.11. The number of hydrogen-bond acceptors (Lipinski definition) is 4. The molecule has 4 N–H and O–H groups in total. The molecule has 0 aliphatic carbocycles. The van der Waals surface area contributed by atoms with Crippen LogP contribution in [0.4, 0.5) is 11.4 Å². The summed E-state index contributed by atoms with van der Waals surface area (Å²) in [6.45, 7) is 4.27. The summed E-state index contributed by atoms with van der Waals surface area (Å²) in [5.41, 5.74) is 3.13. The molecule has 0 spiro atoms. The van der Waals surface area contributed by atoms with Crippen molar-refractivity contribution in [2.45, 2.75) is 65.2 Å². The van der Waals surface area contributed by atoms with Crippen LogP contribution in [0.2, 0.25) is 0 Å². The van der Waals surface area contributed by atoms with E-state index in [0.717, 1.165) is 62.5 Å². The number of amides is 2. The minimum absolute atomic E-state index is 0.0990. The first-order valence-electron chi connectivity index (χ1n) is 12.8. The van der Waals surface area contributed by atoms with Gasteiger partial charge in [0.15, 0.2) is 0 Å². The first kappa shape index (κ1) is 26.8. The summed E-state index contributed by atoms with van der Waals surface area (Å²) >= 11 is 0. The highest BCUT2D eigenvalue weighted by atomic mass is 16.3. The SMILES string of the molecule is CCCCCc1ccc(O)c(C(=O)Nc2ccccc2NC(=O)c2cc(CCCCC)ccc2O)c1. The number of aryl methyl sites for hydroxylation is 2. The van der Waals surface area contributed by atoms with E-state index in [9.17, 15) is 19.8 Å². The molecule has 0 atom stereocenters. The van der Waals surface area contributed by atoms with Crippen molar-refractivity contribution in [2.24, 2.45) is 0 Å². The zero-order chi connectivity index (χ0) is 25.9. The molecule has 190 valence electrons. The summed E-state index contributed by atoms with van der Waals surface area (Å²) in [4.78, 5) is 26.1. The van der Waals surface area contributed by atoms with Crippen molar-refractivity contribution in [1.82, 2.24) is 0 Å². The second-order valence-electron chi connectivity index (χ2n) is 9.07. The van der Waals surface area contributed by atoms with Crippen LogP contribution >= 0.6 is 0 Å². The van der Waals surface area contributed by atoms with E-state index >= 15 is 0 Å². The molecule has 6 nitrogen and oxygen atoms in total. The minimum atomic E-state index is -0.465. The quantitative estimate of drug-likeness (QED) is 0.205. The normalized spacial score (nSPS) is 10.7. The molecule has 3 rings (SSSR count). The number of aromatic hydroxyl groups is 2. The van der Waals surface area contributed by atoms with E-state index in [2.05, 4.69) is 24.5 Å². The van der Waals surface area contributed by atoms with Gasteiger partial charge in [-0.15, -0.1) is 0 Å². The van der Waals surface area contributed by atoms with E-state index in [0.29, 0.717) is 11.4 Å². The van der Waals surface area contributed by atoms with E-state index in [-0.39, 0.29) is 22.6 Å². The predicted octanol–water partition coefficient (Wildman–Crippen LogP) is 7.07. The largest absolute Gasteiger partial charge is 0.507 e.